The van der Waals surface area contributed by atoms with Crippen LogP contribution in [0.3, 0.4) is 0 Å². The van der Waals surface area contributed by atoms with E-state index in [1.54, 1.807) is 0 Å². The van der Waals surface area contributed by atoms with E-state index in [4.69, 9.17) is 0 Å². The van der Waals surface area contributed by atoms with Gasteiger partial charge in [0.15, 0.2) is 0 Å². The van der Waals surface area contributed by atoms with Gasteiger partial charge in [0.2, 0.25) is 0 Å². The topological polar surface area (TPSA) is 17.1 Å². The highest BCUT2D eigenvalue weighted by Crippen LogP contribution is 2.33. The molecular weight excluding hydrogens is 208 g/mol. The van der Waals surface area contributed by atoms with Crippen LogP contribution in [0.5, 0.6) is 0 Å². The average molecular weight is 230 g/mol. The molecule has 0 aliphatic heterocycles. The quantitative estimate of drug-likeness (QED) is 0.691. The number of Topliss-reactive ketones (excluding diaryl/α,β-unsaturated/α-hetero) is 1. The Bertz CT molecular complexity index is 381. The summed E-state index contributed by atoms with van der Waals surface area (Å²) in [6.45, 7) is 2.24. The molecule has 1 atom stereocenters. The lowest BCUT2D eigenvalue weighted by atomic mass is 9.79. The first-order valence-electron chi connectivity index (χ1n) is 6.90. The number of unbranched alkanes of at least 4 members (excludes halogenated alkanes) is 3. The monoisotopic (exact) mass is 230 g/mol. The minimum absolute atomic E-state index is 0.421. The van der Waals surface area contributed by atoms with E-state index in [1.165, 1.54) is 43.2 Å². The molecule has 1 aromatic carbocycles. The van der Waals surface area contributed by atoms with Gasteiger partial charge in [0.25, 0.3) is 0 Å². The van der Waals surface area contributed by atoms with Gasteiger partial charge in [-0.3, -0.25) is 4.79 Å². The predicted octanol–water partition coefficient (Wildman–Crippen LogP) is 4.26. The van der Waals surface area contributed by atoms with Gasteiger partial charge in [0, 0.05) is 12.8 Å². The van der Waals surface area contributed by atoms with Crippen LogP contribution in [0.4, 0.5) is 0 Å². The lowest BCUT2D eigenvalue weighted by Crippen LogP contribution is -2.18. The molecule has 0 bridgehead atoms. The Morgan fingerprint density at radius 2 is 2.00 bits per heavy atom. The summed E-state index contributed by atoms with van der Waals surface area (Å²) in [5.41, 5.74) is 2.70. The summed E-state index contributed by atoms with van der Waals surface area (Å²) in [6, 6.07) is 8.48. The lowest BCUT2D eigenvalue weighted by molar-refractivity contribution is -0.119. The number of carbonyl (C=O) groups is 1. The molecule has 1 nitrogen and oxygen atoms in total. The maximum atomic E-state index is 11.7. The van der Waals surface area contributed by atoms with Crippen molar-refractivity contribution in [3.8, 4) is 0 Å². The molecule has 1 unspecified atom stereocenters. The normalized spacial score (nSPS) is 19.1. The number of hydrogen-bond donors (Lipinski definition) is 0. The van der Waals surface area contributed by atoms with Crippen molar-refractivity contribution >= 4 is 5.78 Å². The molecule has 17 heavy (non-hydrogen) atoms. The van der Waals surface area contributed by atoms with Crippen LogP contribution in [0.1, 0.15) is 62.5 Å². The van der Waals surface area contributed by atoms with Crippen molar-refractivity contribution in [1.82, 2.24) is 0 Å². The van der Waals surface area contributed by atoms with Crippen LogP contribution in [-0.2, 0) is 11.2 Å². The van der Waals surface area contributed by atoms with Gasteiger partial charge in [-0.2, -0.15) is 0 Å². The van der Waals surface area contributed by atoms with Crippen LogP contribution in [0.25, 0.3) is 0 Å². The van der Waals surface area contributed by atoms with Crippen LogP contribution in [0, 0.1) is 0 Å². The number of rotatable bonds is 5. The molecule has 1 heteroatoms. The second-order valence-corrected chi connectivity index (χ2v) is 5.16. The van der Waals surface area contributed by atoms with Crippen LogP contribution < -0.4 is 0 Å². The Balaban J connectivity index is 2.00. The van der Waals surface area contributed by atoms with Crippen molar-refractivity contribution in [2.75, 3.05) is 0 Å². The molecule has 1 aromatic rings. The average Bonchev–Trinajstić information content (AvgIpc) is 2.34. The molecule has 92 valence electrons. The molecule has 0 radical (unpaired) electrons. The van der Waals surface area contributed by atoms with Crippen molar-refractivity contribution in [1.29, 1.82) is 0 Å². The summed E-state index contributed by atoms with van der Waals surface area (Å²) < 4.78 is 0. The SMILES string of the molecule is CCCCCCC1CC(=O)Cc2ccccc21. The number of fused-ring (bicyclic) bond motifs is 1. The molecule has 0 heterocycles. The predicted molar refractivity (Wildman–Crippen MR) is 71.3 cm³/mol. The molecule has 0 fully saturated rings. The fraction of sp³-hybridized carbons (Fsp3) is 0.562. The third-order valence-electron chi connectivity index (χ3n) is 3.76. The van der Waals surface area contributed by atoms with Crippen molar-refractivity contribution in [3.05, 3.63) is 35.4 Å². The Kier molecular flexibility index (Phi) is 4.36. The van der Waals surface area contributed by atoms with Gasteiger partial charge in [0.05, 0.1) is 0 Å². The van der Waals surface area contributed by atoms with Gasteiger partial charge in [-0.15, -0.1) is 0 Å². The van der Waals surface area contributed by atoms with Gasteiger partial charge in [-0.1, -0.05) is 56.9 Å². The van der Waals surface area contributed by atoms with Gasteiger partial charge in [-0.05, 0) is 23.5 Å². The van der Waals surface area contributed by atoms with E-state index < -0.39 is 0 Å². The molecule has 0 saturated heterocycles. The first-order chi connectivity index (χ1) is 8.31. The van der Waals surface area contributed by atoms with E-state index in [-0.39, 0.29) is 0 Å². The summed E-state index contributed by atoms with van der Waals surface area (Å²) in [4.78, 5) is 11.7. The van der Waals surface area contributed by atoms with Crippen molar-refractivity contribution in [2.45, 2.75) is 57.8 Å². The highest BCUT2D eigenvalue weighted by atomic mass is 16.1. The van der Waals surface area contributed by atoms with E-state index in [1.807, 2.05) is 6.07 Å². The van der Waals surface area contributed by atoms with Gasteiger partial charge < -0.3 is 0 Å². The highest BCUT2D eigenvalue weighted by molar-refractivity contribution is 5.84. The van der Waals surface area contributed by atoms with Crippen LogP contribution >= 0.6 is 0 Å². The molecule has 1 aliphatic rings. The minimum atomic E-state index is 0.421. The molecule has 0 saturated carbocycles. The van der Waals surface area contributed by atoms with E-state index in [9.17, 15) is 4.79 Å². The summed E-state index contributed by atoms with van der Waals surface area (Å²) >= 11 is 0. The second kappa shape index (κ2) is 6.00. The van der Waals surface area contributed by atoms with Gasteiger partial charge in [-0.25, -0.2) is 0 Å². The zero-order valence-corrected chi connectivity index (χ0v) is 10.7. The van der Waals surface area contributed by atoms with Gasteiger partial charge >= 0.3 is 0 Å². The molecule has 0 N–H and O–H groups in total. The number of carbonyl (C=O) groups excluding carboxylic acids is 1. The van der Waals surface area contributed by atoms with E-state index in [0.717, 1.165) is 6.42 Å². The second-order valence-electron chi connectivity index (χ2n) is 5.16. The van der Waals surface area contributed by atoms with Crippen LogP contribution in [-0.4, -0.2) is 5.78 Å². The fourth-order valence-electron chi connectivity index (χ4n) is 2.84. The standard InChI is InChI=1S/C16H22O/c1-2-3-4-5-8-13-11-15(17)12-14-9-6-7-10-16(13)14/h6-7,9-10,13H,2-5,8,11-12H2,1H3. The Morgan fingerprint density at radius 3 is 2.82 bits per heavy atom. The number of benzene rings is 1. The molecule has 0 amide bonds. The van der Waals surface area contributed by atoms with E-state index in [0.29, 0.717) is 18.1 Å². The summed E-state index contributed by atoms with van der Waals surface area (Å²) in [5.74, 6) is 0.911. The van der Waals surface area contributed by atoms with Crippen molar-refractivity contribution in [2.24, 2.45) is 0 Å². The summed E-state index contributed by atoms with van der Waals surface area (Å²) in [6.07, 6.45) is 7.78. The lowest BCUT2D eigenvalue weighted by Gasteiger charge is -2.24. The smallest absolute Gasteiger partial charge is 0.137 e. The van der Waals surface area contributed by atoms with Crippen LogP contribution in [0.2, 0.25) is 0 Å². The molecule has 2 rings (SSSR count). The molecule has 0 aromatic heterocycles. The Hall–Kier alpha value is -1.11. The zero-order chi connectivity index (χ0) is 12.1. The van der Waals surface area contributed by atoms with Crippen LogP contribution in [0.15, 0.2) is 24.3 Å². The molecule has 1 aliphatic carbocycles. The van der Waals surface area contributed by atoms with E-state index >= 15 is 0 Å². The van der Waals surface area contributed by atoms with E-state index in [2.05, 4.69) is 25.1 Å². The summed E-state index contributed by atoms with van der Waals surface area (Å²) in [7, 11) is 0. The number of ketones is 1. The highest BCUT2D eigenvalue weighted by Gasteiger charge is 2.24. The Labute approximate surface area is 104 Å². The largest absolute Gasteiger partial charge is 0.299 e. The first-order valence-corrected chi connectivity index (χ1v) is 6.90. The molecule has 0 spiro atoms. The molecular formula is C16H22O. The first kappa shape index (κ1) is 12.3. The number of hydrogen-bond acceptors (Lipinski definition) is 1. The maximum Gasteiger partial charge on any atom is 0.137 e. The van der Waals surface area contributed by atoms with Crippen molar-refractivity contribution in [3.63, 3.8) is 0 Å². The maximum absolute atomic E-state index is 11.7. The zero-order valence-electron chi connectivity index (χ0n) is 10.7. The van der Waals surface area contributed by atoms with Crippen molar-refractivity contribution < 1.29 is 4.79 Å². The summed E-state index contributed by atoms with van der Waals surface area (Å²) in [5, 5.41) is 0. The Morgan fingerprint density at radius 1 is 1.18 bits per heavy atom. The third-order valence-corrected chi connectivity index (χ3v) is 3.76. The fourth-order valence-corrected chi connectivity index (χ4v) is 2.84. The third kappa shape index (κ3) is 3.18. The minimum Gasteiger partial charge on any atom is -0.299 e. The van der Waals surface area contributed by atoms with Gasteiger partial charge in [0.1, 0.15) is 5.78 Å².